The average molecular weight is 295 g/mol. The Hall–Kier alpha value is -1.60. The van der Waals surface area contributed by atoms with Crippen LogP contribution in [0.4, 0.5) is 11.6 Å². The van der Waals surface area contributed by atoms with Gasteiger partial charge in [-0.05, 0) is 24.6 Å². The van der Waals surface area contributed by atoms with Gasteiger partial charge in [0, 0.05) is 18.1 Å². The zero-order valence-electron chi connectivity index (χ0n) is 9.88. The van der Waals surface area contributed by atoms with Gasteiger partial charge in [0.1, 0.15) is 27.6 Å². The smallest absolute Gasteiger partial charge is 0.197 e. The van der Waals surface area contributed by atoms with Crippen LogP contribution in [0.3, 0.4) is 0 Å². The molecule has 0 unspecified atom stereocenters. The molecule has 2 aromatic heterocycles. The highest BCUT2D eigenvalue weighted by atomic mass is 35.5. The minimum atomic E-state index is 0.331. The molecule has 3 rings (SSSR count). The Morgan fingerprint density at radius 3 is 2.37 bits per heavy atom. The molecular formula is C11H11ClN6S. The maximum atomic E-state index is 6.00. The quantitative estimate of drug-likeness (QED) is 0.660. The van der Waals surface area contributed by atoms with Crippen LogP contribution in [0.1, 0.15) is 24.6 Å². The number of halogens is 1. The molecule has 0 aliphatic heterocycles. The molecule has 1 saturated carbocycles. The Morgan fingerprint density at radius 1 is 1.05 bits per heavy atom. The van der Waals surface area contributed by atoms with Crippen LogP contribution in [0, 0.1) is 0 Å². The molecule has 0 bridgehead atoms. The maximum Gasteiger partial charge on any atom is 0.197 e. The van der Waals surface area contributed by atoms with Gasteiger partial charge in [0.25, 0.3) is 0 Å². The van der Waals surface area contributed by atoms with Crippen molar-refractivity contribution in [1.29, 1.82) is 0 Å². The fourth-order valence-electron chi connectivity index (χ4n) is 1.59. The van der Waals surface area contributed by atoms with Crippen LogP contribution in [-0.2, 0) is 0 Å². The third-order valence-electron chi connectivity index (χ3n) is 2.57. The lowest BCUT2D eigenvalue weighted by Crippen LogP contribution is -2.00. The summed E-state index contributed by atoms with van der Waals surface area (Å²) in [5.74, 6) is 1.88. The third kappa shape index (κ3) is 3.05. The van der Waals surface area contributed by atoms with Gasteiger partial charge in [0.05, 0.1) is 0 Å². The van der Waals surface area contributed by atoms with Crippen molar-refractivity contribution in [1.82, 2.24) is 19.9 Å². The fraction of sp³-hybridized carbons (Fsp3) is 0.273. The van der Waals surface area contributed by atoms with Gasteiger partial charge in [-0.15, -0.1) is 0 Å². The molecule has 6 nitrogen and oxygen atoms in total. The van der Waals surface area contributed by atoms with Crippen molar-refractivity contribution < 1.29 is 0 Å². The van der Waals surface area contributed by atoms with Crippen LogP contribution in [0.5, 0.6) is 0 Å². The number of nitrogen functional groups attached to an aromatic ring is 2. The number of hydrogen-bond acceptors (Lipinski definition) is 7. The van der Waals surface area contributed by atoms with Crippen molar-refractivity contribution in [2.45, 2.75) is 28.9 Å². The van der Waals surface area contributed by atoms with Gasteiger partial charge >= 0.3 is 0 Å². The van der Waals surface area contributed by atoms with E-state index in [0.717, 1.165) is 18.7 Å². The van der Waals surface area contributed by atoms with Gasteiger partial charge in [0.2, 0.25) is 0 Å². The molecule has 19 heavy (non-hydrogen) atoms. The summed E-state index contributed by atoms with van der Waals surface area (Å²) in [7, 11) is 0. The zero-order chi connectivity index (χ0) is 13.4. The van der Waals surface area contributed by atoms with Crippen LogP contribution in [-0.4, -0.2) is 19.9 Å². The molecule has 0 saturated heterocycles. The second-order valence-electron chi connectivity index (χ2n) is 4.26. The van der Waals surface area contributed by atoms with Crippen molar-refractivity contribution in [3.8, 4) is 0 Å². The predicted octanol–water partition coefficient (Wildman–Crippen LogP) is 2.11. The van der Waals surface area contributed by atoms with Crippen molar-refractivity contribution in [3.63, 3.8) is 0 Å². The molecule has 0 amide bonds. The topological polar surface area (TPSA) is 104 Å². The Labute approximate surface area is 119 Å². The van der Waals surface area contributed by atoms with Gasteiger partial charge in [-0.1, -0.05) is 11.6 Å². The molecule has 0 atom stereocenters. The third-order valence-corrected chi connectivity index (χ3v) is 3.55. The summed E-state index contributed by atoms with van der Waals surface area (Å²) in [5.41, 5.74) is 11.3. The largest absolute Gasteiger partial charge is 0.383 e. The van der Waals surface area contributed by atoms with Gasteiger partial charge in [0.15, 0.2) is 5.16 Å². The normalized spacial score (nSPS) is 14.6. The Morgan fingerprint density at radius 2 is 1.74 bits per heavy atom. The van der Waals surface area contributed by atoms with Gasteiger partial charge in [-0.2, -0.15) is 0 Å². The first kappa shape index (κ1) is 12.4. The van der Waals surface area contributed by atoms with E-state index in [1.54, 1.807) is 6.07 Å². The highest BCUT2D eigenvalue weighted by molar-refractivity contribution is 7.99. The molecule has 8 heteroatoms. The second-order valence-corrected chi connectivity index (χ2v) is 5.64. The average Bonchev–Trinajstić information content (AvgIpc) is 3.09. The first-order chi connectivity index (χ1) is 9.10. The molecule has 0 aromatic carbocycles. The van der Waals surface area contributed by atoms with E-state index in [0.29, 0.717) is 32.9 Å². The second kappa shape index (κ2) is 4.82. The number of anilines is 2. The lowest BCUT2D eigenvalue weighted by atomic mass is 10.4. The van der Waals surface area contributed by atoms with Gasteiger partial charge in [-0.3, -0.25) is 0 Å². The summed E-state index contributed by atoms with van der Waals surface area (Å²) < 4.78 is 0. The summed E-state index contributed by atoms with van der Waals surface area (Å²) in [6.45, 7) is 0. The Balaban J connectivity index is 1.89. The summed E-state index contributed by atoms with van der Waals surface area (Å²) >= 11 is 7.27. The fourth-order valence-corrected chi connectivity index (χ4v) is 2.64. The van der Waals surface area contributed by atoms with Gasteiger partial charge in [-0.25, -0.2) is 19.9 Å². The lowest BCUT2D eigenvalue weighted by molar-refractivity contribution is 0.874. The molecule has 1 aliphatic carbocycles. The summed E-state index contributed by atoms with van der Waals surface area (Å²) in [6.07, 6.45) is 2.23. The van der Waals surface area contributed by atoms with Crippen molar-refractivity contribution >= 4 is 35.0 Å². The summed E-state index contributed by atoms with van der Waals surface area (Å²) in [4.78, 5) is 16.9. The summed E-state index contributed by atoms with van der Waals surface area (Å²) in [6, 6.07) is 3.19. The number of rotatable bonds is 3. The number of nitrogens with two attached hydrogens (primary N) is 2. The van der Waals surface area contributed by atoms with E-state index >= 15 is 0 Å². The Bertz CT molecular complexity index is 610. The SMILES string of the molecule is Nc1cc(N)nc(Sc2cc(Cl)nc(C3CC3)n2)n1. The number of aromatic nitrogens is 4. The van der Waals surface area contributed by atoms with E-state index in [9.17, 15) is 0 Å². The first-order valence-electron chi connectivity index (χ1n) is 5.72. The highest BCUT2D eigenvalue weighted by Crippen LogP contribution is 2.39. The first-order valence-corrected chi connectivity index (χ1v) is 6.92. The van der Waals surface area contributed by atoms with Crippen LogP contribution in [0.2, 0.25) is 5.15 Å². The molecule has 2 heterocycles. The monoisotopic (exact) mass is 294 g/mol. The molecule has 98 valence electrons. The Kier molecular flexibility index (Phi) is 3.16. The van der Waals surface area contributed by atoms with Crippen LogP contribution < -0.4 is 11.5 Å². The molecule has 1 fully saturated rings. The van der Waals surface area contributed by atoms with Crippen molar-refractivity contribution in [2.24, 2.45) is 0 Å². The van der Waals surface area contributed by atoms with Crippen molar-refractivity contribution in [3.05, 3.63) is 23.1 Å². The van der Waals surface area contributed by atoms with Crippen LogP contribution in [0.15, 0.2) is 22.3 Å². The molecule has 1 aliphatic rings. The van der Waals surface area contributed by atoms with Gasteiger partial charge < -0.3 is 11.5 Å². The highest BCUT2D eigenvalue weighted by Gasteiger charge is 2.27. The molecular weight excluding hydrogens is 284 g/mol. The predicted molar refractivity (Wildman–Crippen MR) is 74.0 cm³/mol. The van der Waals surface area contributed by atoms with E-state index in [-0.39, 0.29) is 0 Å². The van der Waals surface area contributed by atoms with E-state index in [1.807, 2.05) is 0 Å². The maximum absolute atomic E-state index is 6.00. The summed E-state index contributed by atoms with van der Waals surface area (Å²) in [5, 5.41) is 1.58. The van der Waals surface area contributed by atoms with E-state index in [1.165, 1.54) is 17.8 Å². The standard InChI is InChI=1S/C11H11ClN6S/c12-6-3-9(18-10(15-6)5-1-2-5)19-11-16-7(13)4-8(14)17-11/h3-5H,1-2H2,(H4,13,14,16,17). The van der Waals surface area contributed by atoms with Crippen molar-refractivity contribution in [2.75, 3.05) is 11.5 Å². The minimum absolute atomic E-state index is 0.331. The molecule has 0 spiro atoms. The minimum Gasteiger partial charge on any atom is -0.383 e. The van der Waals surface area contributed by atoms with E-state index in [2.05, 4.69) is 19.9 Å². The zero-order valence-corrected chi connectivity index (χ0v) is 11.4. The lowest BCUT2D eigenvalue weighted by Gasteiger charge is -2.04. The number of hydrogen-bond donors (Lipinski definition) is 2. The van der Waals surface area contributed by atoms with Crippen LogP contribution in [0.25, 0.3) is 0 Å². The van der Waals surface area contributed by atoms with Crippen LogP contribution >= 0.6 is 23.4 Å². The molecule has 4 N–H and O–H groups in total. The van der Waals surface area contributed by atoms with E-state index < -0.39 is 0 Å². The molecule has 2 aromatic rings. The van der Waals surface area contributed by atoms with E-state index in [4.69, 9.17) is 23.1 Å². The molecule has 0 radical (unpaired) electrons. The number of nitrogens with zero attached hydrogens (tertiary/aromatic N) is 4.